The molecule has 2 atom stereocenters. The van der Waals surface area contributed by atoms with Crippen LogP contribution in [0.3, 0.4) is 0 Å². The second-order valence-electron chi connectivity index (χ2n) is 6.40. The minimum absolute atomic E-state index is 0.00257. The van der Waals surface area contributed by atoms with Gasteiger partial charge in [0.2, 0.25) is 0 Å². The Hall–Kier alpha value is -2.64. The van der Waals surface area contributed by atoms with Gasteiger partial charge in [-0.1, -0.05) is 24.3 Å². The van der Waals surface area contributed by atoms with Gasteiger partial charge in [-0.05, 0) is 42.5 Å². The highest BCUT2D eigenvalue weighted by atomic mass is 16.5. The maximum absolute atomic E-state index is 11.9. The second-order valence-corrected chi connectivity index (χ2v) is 6.40. The molecular formula is C19H20N2O5. The molecule has 2 aromatic heterocycles. The molecule has 1 aliphatic rings. The van der Waals surface area contributed by atoms with Gasteiger partial charge in [0, 0.05) is 0 Å². The lowest BCUT2D eigenvalue weighted by Gasteiger charge is -2.26. The Kier molecular flexibility index (Phi) is 4.73. The molecule has 0 fully saturated rings. The maximum Gasteiger partial charge on any atom is 0.437 e. The summed E-state index contributed by atoms with van der Waals surface area (Å²) in [6.45, 7) is 0.117. The van der Waals surface area contributed by atoms with Crippen LogP contribution in [0.4, 0.5) is 0 Å². The molecule has 26 heavy (non-hydrogen) atoms. The summed E-state index contributed by atoms with van der Waals surface area (Å²) in [5.74, 6) is -0.182. The van der Waals surface area contributed by atoms with Gasteiger partial charge in [0.05, 0.1) is 31.6 Å². The van der Waals surface area contributed by atoms with Crippen LogP contribution in [0.15, 0.2) is 56.3 Å². The van der Waals surface area contributed by atoms with Crippen molar-refractivity contribution in [1.82, 2.24) is 9.78 Å². The molecule has 1 aliphatic carbocycles. The Morgan fingerprint density at radius 3 is 3.04 bits per heavy atom. The van der Waals surface area contributed by atoms with Gasteiger partial charge < -0.3 is 18.7 Å². The molecular weight excluding hydrogens is 336 g/mol. The number of hydrogen-bond donors (Lipinski definition) is 1. The van der Waals surface area contributed by atoms with Gasteiger partial charge >= 0.3 is 5.76 Å². The largest absolute Gasteiger partial charge is 0.459 e. The Balaban J connectivity index is 1.38. The van der Waals surface area contributed by atoms with E-state index < -0.39 is 11.9 Å². The smallest absolute Gasteiger partial charge is 0.437 e. The van der Waals surface area contributed by atoms with Crippen molar-refractivity contribution in [2.24, 2.45) is 0 Å². The fourth-order valence-electron chi connectivity index (χ4n) is 3.28. The molecule has 4 rings (SSSR count). The Morgan fingerprint density at radius 2 is 2.19 bits per heavy atom. The van der Waals surface area contributed by atoms with E-state index in [9.17, 15) is 9.90 Å². The number of aliphatic hydroxyl groups excluding tert-OH is 1. The van der Waals surface area contributed by atoms with Crippen molar-refractivity contribution in [2.45, 2.75) is 38.0 Å². The molecule has 7 nitrogen and oxygen atoms in total. The molecule has 0 amide bonds. The molecule has 1 aromatic carbocycles. The number of benzene rings is 1. The third kappa shape index (κ3) is 3.49. The van der Waals surface area contributed by atoms with E-state index in [0.29, 0.717) is 5.76 Å². The van der Waals surface area contributed by atoms with Gasteiger partial charge in [-0.2, -0.15) is 4.68 Å². The van der Waals surface area contributed by atoms with Gasteiger partial charge in [-0.25, -0.2) is 4.79 Å². The second kappa shape index (κ2) is 7.31. The molecule has 1 N–H and O–H groups in total. The fourth-order valence-corrected chi connectivity index (χ4v) is 3.28. The molecule has 0 spiro atoms. The zero-order chi connectivity index (χ0) is 17.9. The van der Waals surface area contributed by atoms with E-state index in [2.05, 4.69) is 17.2 Å². The van der Waals surface area contributed by atoms with Crippen LogP contribution < -0.4 is 5.76 Å². The van der Waals surface area contributed by atoms with E-state index in [0.717, 1.165) is 23.9 Å². The Labute approximate surface area is 149 Å². The zero-order valence-corrected chi connectivity index (χ0v) is 14.2. The van der Waals surface area contributed by atoms with E-state index in [1.165, 1.54) is 17.4 Å². The van der Waals surface area contributed by atoms with Crippen LogP contribution in [-0.2, 0) is 17.7 Å². The molecule has 3 aromatic rings. The molecule has 7 heteroatoms. The summed E-state index contributed by atoms with van der Waals surface area (Å²) < 4.78 is 17.2. The topological polar surface area (TPSA) is 90.6 Å². The van der Waals surface area contributed by atoms with Gasteiger partial charge in [0.1, 0.15) is 0 Å². The summed E-state index contributed by atoms with van der Waals surface area (Å²) in [5.41, 5.74) is 2.48. The number of rotatable bonds is 6. The summed E-state index contributed by atoms with van der Waals surface area (Å²) >= 11 is 0. The van der Waals surface area contributed by atoms with Crippen LogP contribution >= 0.6 is 0 Å². The van der Waals surface area contributed by atoms with E-state index in [1.54, 1.807) is 12.1 Å². The Morgan fingerprint density at radius 1 is 1.31 bits per heavy atom. The summed E-state index contributed by atoms with van der Waals surface area (Å²) in [5, 5.41) is 14.3. The van der Waals surface area contributed by atoms with Crippen LogP contribution in [0, 0.1) is 0 Å². The number of ether oxygens (including phenoxy) is 1. The highest BCUT2D eigenvalue weighted by Crippen LogP contribution is 2.32. The van der Waals surface area contributed by atoms with Crippen LogP contribution in [0.5, 0.6) is 0 Å². The first-order chi connectivity index (χ1) is 12.7. The van der Waals surface area contributed by atoms with Gasteiger partial charge in [0.15, 0.2) is 5.76 Å². The molecule has 2 heterocycles. The third-order valence-electron chi connectivity index (χ3n) is 4.53. The first-order valence-electron chi connectivity index (χ1n) is 8.70. The normalized spacial score (nSPS) is 17.8. The van der Waals surface area contributed by atoms with Crippen LogP contribution in [-0.4, -0.2) is 27.6 Å². The predicted octanol–water partition coefficient (Wildman–Crippen LogP) is 2.55. The third-order valence-corrected chi connectivity index (χ3v) is 4.53. The van der Waals surface area contributed by atoms with Crippen molar-refractivity contribution in [2.75, 3.05) is 6.61 Å². The minimum atomic E-state index is -0.865. The molecule has 0 unspecified atom stereocenters. The SMILES string of the molecule is O=c1oc(-c2ccco2)nn1C[C@@H](O)CO[C@H]1CCCc2ccccc21. The quantitative estimate of drug-likeness (QED) is 0.730. The van der Waals surface area contributed by atoms with Crippen LogP contribution in [0.25, 0.3) is 11.7 Å². The molecule has 0 radical (unpaired) electrons. The van der Waals surface area contributed by atoms with E-state index in [-0.39, 0.29) is 25.1 Å². The summed E-state index contributed by atoms with van der Waals surface area (Å²) in [4.78, 5) is 11.9. The number of fused-ring (bicyclic) bond motifs is 1. The number of hydrogen-bond acceptors (Lipinski definition) is 6. The van der Waals surface area contributed by atoms with Crippen molar-refractivity contribution >= 4 is 0 Å². The van der Waals surface area contributed by atoms with Crippen LogP contribution in [0.1, 0.15) is 30.1 Å². The zero-order valence-electron chi connectivity index (χ0n) is 14.2. The van der Waals surface area contributed by atoms with Crippen LogP contribution in [0.2, 0.25) is 0 Å². The first-order valence-corrected chi connectivity index (χ1v) is 8.70. The predicted molar refractivity (Wildman–Crippen MR) is 92.5 cm³/mol. The van der Waals surface area contributed by atoms with Gasteiger partial charge in [-0.15, -0.1) is 5.10 Å². The summed E-state index contributed by atoms with van der Waals surface area (Å²) in [6, 6.07) is 11.6. The number of furan rings is 1. The molecule has 0 bridgehead atoms. The molecule has 0 aliphatic heterocycles. The molecule has 0 saturated carbocycles. The number of nitrogens with zero attached hydrogens (tertiary/aromatic N) is 2. The average Bonchev–Trinajstić information content (AvgIpc) is 3.30. The number of aliphatic hydroxyl groups is 1. The lowest BCUT2D eigenvalue weighted by molar-refractivity contribution is -0.0241. The highest BCUT2D eigenvalue weighted by Gasteiger charge is 2.22. The van der Waals surface area contributed by atoms with E-state index >= 15 is 0 Å². The first kappa shape index (κ1) is 16.8. The monoisotopic (exact) mass is 356 g/mol. The van der Waals surface area contributed by atoms with E-state index in [4.69, 9.17) is 13.6 Å². The number of aromatic nitrogens is 2. The average molecular weight is 356 g/mol. The van der Waals surface area contributed by atoms with Crippen molar-refractivity contribution in [3.63, 3.8) is 0 Å². The highest BCUT2D eigenvalue weighted by molar-refractivity contribution is 5.42. The van der Waals surface area contributed by atoms with Crippen molar-refractivity contribution < 1.29 is 18.7 Å². The van der Waals surface area contributed by atoms with Crippen molar-refractivity contribution in [1.29, 1.82) is 0 Å². The van der Waals surface area contributed by atoms with Gasteiger partial charge in [0.25, 0.3) is 5.89 Å². The van der Waals surface area contributed by atoms with Crippen molar-refractivity contribution in [3.05, 3.63) is 64.3 Å². The minimum Gasteiger partial charge on any atom is -0.459 e. The van der Waals surface area contributed by atoms with E-state index in [1.807, 2.05) is 12.1 Å². The fraction of sp³-hybridized carbons (Fsp3) is 0.368. The lowest BCUT2D eigenvalue weighted by Crippen LogP contribution is -2.29. The lowest BCUT2D eigenvalue weighted by atomic mass is 9.89. The Bertz CT molecular complexity index is 912. The summed E-state index contributed by atoms with van der Waals surface area (Å²) in [6.07, 6.45) is 3.63. The molecule has 136 valence electrons. The maximum atomic E-state index is 11.9. The summed E-state index contributed by atoms with van der Waals surface area (Å²) in [7, 11) is 0. The number of aryl methyl sites for hydroxylation is 1. The van der Waals surface area contributed by atoms with Gasteiger partial charge in [-0.3, -0.25) is 0 Å². The van der Waals surface area contributed by atoms with Crippen molar-refractivity contribution in [3.8, 4) is 11.7 Å². The standard InChI is InChI=1S/C19H20N2O5/c22-14(11-21-19(23)26-18(20-21)17-9-4-10-24-17)12-25-16-8-3-6-13-5-1-2-7-15(13)16/h1-2,4-5,7,9-10,14,16,22H,3,6,8,11-12H2/t14-,16+/m1/s1. The molecule has 0 saturated heterocycles.